The van der Waals surface area contributed by atoms with Crippen molar-refractivity contribution in [1.29, 1.82) is 0 Å². The minimum atomic E-state index is -0.364. The first-order chi connectivity index (χ1) is 11.6. The number of benzene rings is 2. The van der Waals surface area contributed by atoms with Crippen molar-refractivity contribution >= 4 is 27.7 Å². The highest BCUT2D eigenvalue weighted by Gasteiger charge is 2.38. The third-order valence-electron chi connectivity index (χ3n) is 4.07. The molecule has 2 aromatic rings. The van der Waals surface area contributed by atoms with Gasteiger partial charge in [-0.05, 0) is 23.3 Å². The van der Waals surface area contributed by atoms with Gasteiger partial charge in [0.25, 0.3) is 0 Å². The van der Waals surface area contributed by atoms with E-state index < -0.39 is 0 Å². The lowest BCUT2D eigenvalue weighted by molar-refractivity contribution is -0.153. The van der Waals surface area contributed by atoms with Crippen LogP contribution in [0, 0.1) is 0 Å². The molecule has 2 aromatic carbocycles. The molecule has 0 bridgehead atoms. The molecule has 1 saturated heterocycles. The molecule has 3 rings (SSSR count). The monoisotopic (exact) mass is 387 g/mol. The van der Waals surface area contributed by atoms with Crippen LogP contribution in [0.15, 0.2) is 59.1 Å². The highest BCUT2D eigenvalue weighted by atomic mass is 79.9. The van der Waals surface area contributed by atoms with E-state index in [-0.39, 0.29) is 30.8 Å². The normalized spacial score (nSPS) is 17.4. The van der Waals surface area contributed by atoms with E-state index in [1.807, 2.05) is 59.5 Å². The van der Waals surface area contributed by atoms with Gasteiger partial charge in [-0.25, -0.2) is 0 Å². The predicted octanol–water partition coefficient (Wildman–Crippen LogP) is 3.34. The molecule has 124 valence electrons. The molecule has 1 atom stereocenters. The molecule has 1 aliphatic rings. The number of hydrogen-bond donors (Lipinski definition) is 0. The number of ether oxygens (including phenoxy) is 1. The molecule has 24 heavy (non-hydrogen) atoms. The number of nitrogens with zero attached hydrogens (tertiary/aromatic N) is 1. The first kappa shape index (κ1) is 16.9. The SMILES string of the molecule is O=C(CC1C(=O)CN1Cc1ccc(Br)cc1)OCc1ccccc1. The zero-order valence-electron chi connectivity index (χ0n) is 13.2. The molecule has 0 aromatic heterocycles. The van der Waals surface area contributed by atoms with Gasteiger partial charge in [-0.3, -0.25) is 14.5 Å². The zero-order valence-corrected chi connectivity index (χ0v) is 14.7. The number of esters is 1. The Balaban J connectivity index is 1.50. The third-order valence-corrected chi connectivity index (χ3v) is 4.60. The second-order valence-corrected chi connectivity index (χ2v) is 6.78. The number of carbonyl (C=O) groups is 2. The summed E-state index contributed by atoms with van der Waals surface area (Å²) in [5.74, 6) is -0.235. The Bertz CT molecular complexity index is 715. The number of ketones is 1. The van der Waals surface area contributed by atoms with E-state index in [2.05, 4.69) is 15.9 Å². The molecule has 0 N–H and O–H groups in total. The first-order valence-electron chi connectivity index (χ1n) is 7.82. The Morgan fingerprint density at radius 3 is 2.46 bits per heavy atom. The van der Waals surface area contributed by atoms with Crippen LogP contribution in [0.3, 0.4) is 0 Å². The standard InChI is InChI=1S/C19H18BrNO3/c20-16-8-6-14(7-9-16)11-21-12-18(22)17(21)10-19(23)24-13-15-4-2-1-3-5-15/h1-9,17H,10-13H2. The van der Waals surface area contributed by atoms with Crippen LogP contribution in [0.2, 0.25) is 0 Å². The van der Waals surface area contributed by atoms with Crippen molar-refractivity contribution in [2.24, 2.45) is 0 Å². The van der Waals surface area contributed by atoms with Crippen LogP contribution in [0.25, 0.3) is 0 Å². The van der Waals surface area contributed by atoms with Crippen LogP contribution in [0.5, 0.6) is 0 Å². The third kappa shape index (κ3) is 4.30. The molecule has 1 aliphatic heterocycles. The van der Waals surface area contributed by atoms with Crippen molar-refractivity contribution in [1.82, 2.24) is 4.90 Å². The average molecular weight is 388 g/mol. The summed E-state index contributed by atoms with van der Waals surface area (Å²) in [5, 5.41) is 0. The fraction of sp³-hybridized carbons (Fsp3) is 0.263. The van der Waals surface area contributed by atoms with Gasteiger partial charge in [0.1, 0.15) is 6.61 Å². The number of carbonyl (C=O) groups excluding carboxylic acids is 2. The van der Waals surface area contributed by atoms with Crippen molar-refractivity contribution in [3.05, 3.63) is 70.2 Å². The Hall–Kier alpha value is -1.98. The molecule has 1 heterocycles. The number of hydrogen-bond acceptors (Lipinski definition) is 4. The number of halogens is 1. The van der Waals surface area contributed by atoms with Gasteiger partial charge < -0.3 is 4.74 Å². The summed E-state index contributed by atoms with van der Waals surface area (Å²) in [6.45, 7) is 1.30. The van der Waals surface area contributed by atoms with Gasteiger partial charge in [0.15, 0.2) is 5.78 Å². The fourth-order valence-electron chi connectivity index (χ4n) is 2.70. The summed E-state index contributed by atoms with van der Waals surface area (Å²) in [7, 11) is 0. The van der Waals surface area contributed by atoms with Gasteiger partial charge in [-0.2, -0.15) is 0 Å². The van der Waals surface area contributed by atoms with E-state index in [4.69, 9.17) is 4.74 Å². The number of rotatable bonds is 6. The summed E-state index contributed by atoms with van der Waals surface area (Å²) in [6.07, 6.45) is 0.113. The molecular formula is C19H18BrNO3. The maximum Gasteiger partial charge on any atom is 0.308 e. The Morgan fingerprint density at radius 2 is 1.79 bits per heavy atom. The zero-order chi connectivity index (χ0) is 16.9. The van der Waals surface area contributed by atoms with Crippen LogP contribution in [0.1, 0.15) is 17.5 Å². The molecule has 5 heteroatoms. The van der Waals surface area contributed by atoms with Crippen molar-refractivity contribution < 1.29 is 14.3 Å². The van der Waals surface area contributed by atoms with E-state index in [9.17, 15) is 9.59 Å². The predicted molar refractivity (Wildman–Crippen MR) is 94.2 cm³/mol. The lowest BCUT2D eigenvalue weighted by Gasteiger charge is -2.38. The Kier molecular flexibility index (Phi) is 5.43. The molecule has 1 unspecified atom stereocenters. The van der Waals surface area contributed by atoms with Crippen LogP contribution >= 0.6 is 15.9 Å². The highest BCUT2D eigenvalue weighted by molar-refractivity contribution is 9.10. The van der Waals surface area contributed by atoms with Gasteiger partial charge in [0.2, 0.25) is 0 Å². The van der Waals surface area contributed by atoms with E-state index >= 15 is 0 Å². The molecule has 0 amide bonds. The van der Waals surface area contributed by atoms with Crippen LogP contribution < -0.4 is 0 Å². The molecule has 0 spiro atoms. The quantitative estimate of drug-likeness (QED) is 0.713. The molecule has 0 radical (unpaired) electrons. The van der Waals surface area contributed by atoms with Gasteiger partial charge in [-0.15, -0.1) is 0 Å². The molecule has 1 fully saturated rings. The van der Waals surface area contributed by atoms with Gasteiger partial charge >= 0.3 is 5.97 Å². The van der Waals surface area contributed by atoms with E-state index in [1.54, 1.807) is 0 Å². The van der Waals surface area contributed by atoms with Gasteiger partial charge in [-0.1, -0.05) is 58.4 Å². The van der Waals surface area contributed by atoms with Gasteiger partial charge in [0.05, 0.1) is 19.0 Å². The minimum Gasteiger partial charge on any atom is -0.461 e. The van der Waals surface area contributed by atoms with E-state index in [1.165, 1.54) is 0 Å². The summed E-state index contributed by atoms with van der Waals surface area (Å²) < 4.78 is 6.29. The van der Waals surface area contributed by atoms with Crippen molar-refractivity contribution in [3.8, 4) is 0 Å². The van der Waals surface area contributed by atoms with Crippen LogP contribution in [-0.2, 0) is 27.5 Å². The van der Waals surface area contributed by atoms with E-state index in [0.717, 1.165) is 15.6 Å². The smallest absolute Gasteiger partial charge is 0.308 e. The topological polar surface area (TPSA) is 46.6 Å². The van der Waals surface area contributed by atoms with Crippen molar-refractivity contribution in [2.75, 3.05) is 6.54 Å². The lowest BCUT2D eigenvalue weighted by atomic mass is 9.97. The maximum absolute atomic E-state index is 12.0. The average Bonchev–Trinajstić information content (AvgIpc) is 2.60. The van der Waals surface area contributed by atoms with Crippen LogP contribution in [0.4, 0.5) is 0 Å². The maximum atomic E-state index is 12.0. The molecular weight excluding hydrogens is 370 g/mol. The fourth-order valence-corrected chi connectivity index (χ4v) is 2.96. The second-order valence-electron chi connectivity index (χ2n) is 5.86. The Labute approximate surface area is 149 Å². The second kappa shape index (κ2) is 7.73. The summed E-state index contributed by atoms with van der Waals surface area (Å²) in [6, 6.07) is 17.1. The minimum absolute atomic E-state index is 0.101. The lowest BCUT2D eigenvalue weighted by Crippen LogP contribution is -2.57. The number of likely N-dealkylation sites (tertiary alicyclic amines) is 1. The molecule has 4 nitrogen and oxygen atoms in total. The molecule has 0 aliphatic carbocycles. The van der Waals surface area contributed by atoms with Crippen LogP contribution in [-0.4, -0.2) is 29.2 Å². The Morgan fingerprint density at radius 1 is 1.08 bits per heavy atom. The summed E-state index contributed by atoms with van der Waals surface area (Å²) >= 11 is 3.40. The largest absolute Gasteiger partial charge is 0.461 e. The van der Waals surface area contributed by atoms with Crippen molar-refractivity contribution in [2.45, 2.75) is 25.6 Å². The van der Waals surface area contributed by atoms with Gasteiger partial charge in [0, 0.05) is 11.0 Å². The molecule has 0 saturated carbocycles. The first-order valence-corrected chi connectivity index (χ1v) is 8.62. The van der Waals surface area contributed by atoms with Crippen molar-refractivity contribution in [3.63, 3.8) is 0 Å². The van der Waals surface area contributed by atoms with E-state index in [0.29, 0.717) is 13.1 Å². The highest BCUT2D eigenvalue weighted by Crippen LogP contribution is 2.22. The summed E-state index contributed by atoms with van der Waals surface area (Å²) in [4.78, 5) is 25.8. The number of Topliss-reactive ketones (excluding diaryl/α,β-unsaturated/α-hetero) is 1. The summed E-state index contributed by atoms with van der Waals surface area (Å²) in [5.41, 5.74) is 2.06.